The lowest BCUT2D eigenvalue weighted by Crippen LogP contribution is -2.58. The van der Waals surface area contributed by atoms with Gasteiger partial charge in [-0.15, -0.1) is 35.7 Å². The summed E-state index contributed by atoms with van der Waals surface area (Å²) >= 11 is 0. The third-order valence-electron chi connectivity index (χ3n) is 3.14. The molecule has 1 fully saturated rings. The summed E-state index contributed by atoms with van der Waals surface area (Å²) in [4.78, 5) is 0. The van der Waals surface area contributed by atoms with Gasteiger partial charge >= 0.3 is 0 Å². The predicted octanol–water partition coefficient (Wildman–Crippen LogP) is 5.63. The van der Waals surface area contributed by atoms with E-state index in [2.05, 4.69) is 53.6 Å². The molecule has 1 saturated heterocycles. The second-order valence-corrected chi connectivity index (χ2v) is 31.8. The fourth-order valence-electron chi connectivity index (χ4n) is 2.06. The van der Waals surface area contributed by atoms with E-state index in [0.717, 1.165) is 0 Å². The number of aliphatic hydroxyl groups excluding tert-OH is 1. The molecule has 1 rings (SSSR count). The zero-order valence-corrected chi connectivity index (χ0v) is 25.6. The molecular formula is C7H26O5P12. The van der Waals surface area contributed by atoms with Gasteiger partial charge in [0.2, 0.25) is 0 Å². The van der Waals surface area contributed by atoms with Gasteiger partial charge in [-0.25, -0.2) is 0 Å². The third kappa shape index (κ3) is 8.99. The number of aliphatic hydroxyl groups is 1. The Hall–Kier alpha value is 4.96. The summed E-state index contributed by atoms with van der Waals surface area (Å²) in [6.45, 7) is 2.02. The Labute approximate surface area is 167 Å². The fourth-order valence-corrected chi connectivity index (χ4v) is 24.3. The Morgan fingerprint density at radius 2 is 1.79 bits per heavy atom. The number of hydrogen-bond acceptors (Lipinski definition) is 5. The minimum atomic E-state index is -0.759. The van der Waals surface area contributed by atoms with E-state index in [1.807, 2.05) is 6.92 Å². The highest BCUT2D eigenvalue weighted by molar-refractivity contribution is 8.86. The molecule has 1 heterocycles. The number of ether oxygens (including phenoxy) is 1. The molecule has 1 aliphatic rings. The highest BCUT2D eigenvalue weighted by Gasteiger charge is 2.46. The normalized spacial score (nSPS) is 35.1. The Bertz CT molecular complexity index is 354. The summed E-state index contributed by atoms with van der Waals surface area (Å²) < 4.78 is 24.0. The van der Waals surface area contributed by atoms with Crippen molar-refractivity contribution in [3.63, 3.8) is 0 Å². The number of hydrogen-bond donors (Lipinski definition) is 1. The van der Waals surface area contributed by atoms with E-state index in [4.69, 9.17) is 18.3 Å². The first-order chi connectivity index (χ1) is 11.3. The molecule has 13 unspecified atom stereocenters. The van der Waals surface area contributed by atoms with Crippen LogP contribution in [0.5, 0.6) is 0 Å². The van der Waals surface area contributed by atoms with E-state index < -0.39 is 33.4 Å². The van der Waals surface area contributed by atoms with Crippen LogP contribution in [0.4, 0.5) is 0 Å². The molecule has 1 aliphatic heterocycles. The van der Waals surface area contributed by atoms with Gasteiger partial charge in [-0.1, -0.05) is 17.9 Å². The standard InChI is InChI=1S/C7H26O5P12/c1-3-6(12-23(21-15)24(17)18)7(11-19-13)5(8)4(10-3)2-9-22(16)20-14/h3-8,19-21H,2,13-18H2,1H3/t3-,4?,5+,6?,7-,22?,23?/m0/s1. The molecule has 0 aromatic heterocycles. The van der Waals surface area contributed by atoms with Crippen molar-refractivity contribution in [3.8, 4) is 0 Å². The highest BCUT2D eigenvalue weighted by Crippen LogP contribution is 2.89. The monoisotopic (exact) mass is 562 g/mol. The largest absolute Gasteiger partial charge is 0.387 e. The van der Waals surface area contributed by atoms with Crippen LogP contribution in [0.2, 0.25) is 0 Å². The molecule has 0 radical (unpaired) electrons. The molecule has 0 saturated carbocycles. The molecule has 0 bridgehead atoms. The van der Waals surface area contributed by atoms with Crippen LogP contribution in [0, 0.1) is 0 Å². The van der Waals surface area contributed by atoms with Crippen LogP contribution in [0.15, 0.2) is 0 Å². The Morgan fingerprint density at radius 1 is 1.12 bits per heavy atom. The van der Waals surface area contributed by atoms with Crippen molar-refractivity contribution in [2.75, 3.05) is 6.61 Å². The van der Waals surface area contributed by atoms with Crippen molar-refractivity contribution in [3.05, 3.63) is 0 Å². The van der Waals surface area contributed by atoms with Crippen LogP contribution in [-0.4, -0.2) is 42.2 Å². The molecular weight excluding hydrogens is 536 g/mol. The quantitative estimate of drug-likeness (QED) is 0.350. The molecule has 0 aromatic carbocycles. The van der Waals surface area contributed by atoms with Crippen LogP contribution in [-0.2, 0) is 18.3 Å². The minimum absolute atomic E-state index is 0.154. The van der Waals surface area contributed by atoms with Gasteiger partial charge in [0.25, 0.3) is 0 Å². The van der Waals surface area contributed by atoms with Gasteiger partial charge in [-0.05, 0) is 29.8 Å². The lowest BCUT2D eigenvalue weighted by Gasteiger charge is -2.44. The Morgan fingerprint density at radius 3 is 2.29 bits per heavy atom. The van der Waals surface area contributed by atoms with Gasteiger partial charge in [0.15, 0.2) is 0 Å². The van der Waals surface area contributed by atoms with E-state index in [-0.39, 0.29) is 27.7 Å². The molecule has 0 spiro atoms. The molecule has 16 atom stereocenters. The molecule has 0 amide bonds. The topological polar surface area (TPSA) is 57.2 Å². The minimum Gasteiger partial charge on any atom is -0.387 e. The molecule has 0 aromatic rings. The second-order valence-electron chi connectivity index (χ2n) is 4.67. The lowest BCUT2D eigenvalue weighted by molar-refractivity contribution is -0.204. The first kappa shape index (κ1) is 27.0. The summed E-state index contributed by atoms with van der Waals surface area (Å²) in [5.41, 5.74) is 0. The maximum Gasteiger partial charge on any atom is 0.119 e. The molecule has 0 aliphatic carbocycles. The molecule has 144 valence electrons. The first-order valence-electron chi connectivity index (χ1n) is 6.67. The molecule has 5 nitrogen and oxygen atoms in total. The van der Waals surface area contributed by atoms with Crippen molar-refractivity contribution in [2.45, 2.75) is 37.4 Å². The average Bonchev–Trinajstić information content (AvgIpc) is 2.55. The predicted molar refractivity (Wildman–Crippen MR) is 140 cm³/mol. The van der Waals surface area contributed by atoms with Gasteiger partial charge < -0.3 is 23.4 Å². The van der Waals surface area contributed by atoms with Gasteiger partial charge in [-0.3, -0.25) is 0 Å². The fraction of sp³-hybridized carbons (Fsp3) is 1.00. The van der Waals surface area contributed by atoms with E-state index in [1.165, 1.54) is 0 Å². The van der Waals surface area contributed by atoms with E-state index in [0.29, 0.717) is 22.5 Å². The molecule has 17 heteroatoms. The highest BCUT2D eigenvalue weighted by atomic mass is 32.9. The summed E-state index contributed by atoms with van der Waals surface area (Å²) in [6.07, 6.45) is -1.97. The lowest BCUT2D eigenvalue weighted by atomic mass is 9.96. The summed E-state index contributed by atoms with van der Waals surface area (Å²) in [7, 11) is 16.8. The maximum atomic E-state index is 10.7. The van der Waals surface area contributed by atoms with Gasteiger partial charge in [0, 0.05) is 8.50 Å². The molecule has 1 N–H and O–H groups in total. The third-order valence-corrected chi connectivity index (χ3v) is 31.3. The summed E-state index contributed by atoms with van der Waals surface area (Å²) in [6, 6.07) is 0. The maximum absolute atomic E-state index is 10.7. The second kappa shape index (κ2) is 14.9. The van der Waals surface area contributed by atoms with Gasteiger partial charge in [0.1, 0.15) is 24.4 Å². The van der Waals surface area contributed by atoms with Crippen molar-refractivity contribution in [1.29, 1.82) is 0 Å². The SMILES string of the molecule is C[C@@H]1OC(COP(P)PP)[C@@H](O)[C@H](OPP)C1OP(PP)P(P)P. The van der Waals surface area contributed by atoms with Crippen LogP contribution in [0.25, 0.3) is 0 Å². The van der Waals surface area contributed by atoms with Gasteiger partial charge in [-0.2, -0.15) is 0 Å². The van der Waals surface area contributed by atoms with Crippen molar-refractivity contribution < 1.29 is 23.4 Å². The average molecular weight is 562 g/mol. The van der Waals surface area contributed by atoms with Crippen LogP contribution < -0.4 is 0 Å². The van der Waals surface area contributed by atoms with Crippen molar-refractivity contribution >= 4 is 100 Å². The Kier molecular flexibility index (Phi) is 16.7. The van der Waals surface area contributed by atoms with Crippen molar-refractivity contribution in [2.24, 2.45) is 0 Å². The molecule has 24 heavy (non-hydrogen) atoms. The van der Waals surface area contributed by atoms with Crippen molar-refractivity contribution in [1.82, 2.24) is 0 Å². The Balaban J connectivity index is 2.80. The smallest absolute Gasteiger partial charge is 0.119 e. The van der Waals surface area contributed by atoms with Crippen LogP contribution in [0.1, 0.15) is 6.92 Å². The van der Waals surface area contributed by atoms with E-state index in [1.54, 1.807) is 0 Å². The summed E-state index contributed by atoms with van der Waals surface area (Å²) in [5.74, 6) is 0. The van der Waals surface area contributed by atoms with E-state index >= 15 is 0 Å². The van der Waals surface area contributed by atoms with E-state index in [9.17, 15) is 5.11 Å². The zero-order chi connectivity index (χ0) is 18.3. The summed E-state index contributed by atoms with van der Waals surface area (Å²) in [5, 5.41) is 10.7. The van der Waals surface area contributed by atoms with Crippen LogP contribution in [0.3, 0.4) is 0 Å². The first-order valence-corrected chi connectivity index (χ1v) is 26.1. The zero-order valence-electron chi connectivity index (χ0n) is 13.0. The van der Waals surface area contributed by atoms with Crippen LogP contribution >= 0.6 is 100 Å². The number of rotatable bonds is 10. The van der Waals surface area contributed by atoms with Gasteiger partial charge in [0.05, 0.1) is 27.8 Å².